The summed E-state index contributed by atoms with van der Waals surface area (Å²) >= 11 is 0. The lowest BCUT2D eigenvalue weighted by Crippen LogP contribution is -2.14. The second kappa shape index (κ2) is 8.16. The van der Waals surface area contributed by atoms with E-state index in [1.807, 2.05) is 42.6 Å². The summed E-state index contributed by atoms with van der Waals surface area (Å²) < 4.78 is 0. The van der Waals surface area contributed by atoms with Crippen molar-refractivity contribution in [3.05, 3.63) is 48.2 Å². The van der Waals surface area contributed by atoms with Crippen LogP contribution in [0.3, 0.4) is 0 Å². The molecule has 0 amide bonds. The largest absolute Gasteiger partial charge is 0.369 e. The summed E-state index contributed by atoms with van der Waals surface area (Å²) in [6, 6.07) is 14.1. The molecule has 0 atom stereocenters. The highest BCUT2D eigenvalue weighted by molar-refractivity contribution is 5.67. The highest BCUT2D eigenvalue weighted by atomic mass is 15.0. The van der Waals surface area contributed by atoms with E-state index >= 15 is 0 Å². The standard InChI is InChI=1S/C18H22N4/c1-22(2)11-7-6-10-20-18-16(13-19)12-17(14-21-18)15-8-4-3-5-9-15/h3-5,8-9,12,14H,6-7,10-11H2,1-2H3,(H,20,21). The van der Waals surface area contributed by atoms with Gasteiger partial charge in [0.2, 0.25) is 0 Å². The summed E-state index contributed by atoms with van der Waals surface area (Å²) in [7, 11) is 4.15. The minimum absolute atomic E-state index is 0.592. The topological polar surface area (TPSA) is 52.0 Å². The lowest BCUT2D eigenvalue weighted by Gasteiger charge is -2.11. The minimum Gasteiger partial charge on any atom is -0.369 e. The lowest BCUT2D eigenvalue weighted by atomic mass is 10.1. The molecule has 1 aromatic carbocycles. The molecule has 114 valence electrons. The van der Waals surface area contributed by atoms with Gasteiger partial charge >= 0.3 is 0 Å². The van der Waals surface area contributed by atoms with Crippen molar-refractivity contribution >= 4 is 5.82 Å². The van der Waals surface area contributed by atoms with Crippen molar-refractivity contribution in [3.63, 3.8) is 0 Å². The Labute approximate surface area is 132 Å². The van der Waals surface area contributed by atoms with E-state index in [1.54, 1.807) is 0 Å². The summed E-state index contributed by atoms with van der Waals surface area (Å²) in [4.78, 5) is 6.59. The molecule has 0 radical (unpaired) electrons. The fourth-order valence-electron chi connectivity index (χ4n) is 2.24. The zero-order chi connectivity index (χ0) is 15.8. The van der Waals surface area contributed by atoms with E-state index in [4.69, 9.17) is 0 Å². The molecule has 4 heteroatoms. The van der Waals surface area contributed by atoms with Crippen LogP contribution in [0.15, 0.2) is 42.6 Å². The molecule has 2 rings (SSSR count). The number of benzene rings is 1. The Balaban J connectivity index is 2.00. The monoisotopic (exact) mass is 294 g/mol. The number of hydrogen-bond acceptors (Lipinski definition) is 4. The van der Waals surface area contributed by atoms with Gasteiger partial charge in [-0.05, 0) is 45.1 Å². The second-order valence-corrected chi connectivity index (χ2v) is 5.54. The first-order valence-corrected chi connectivity index (χ1v) is 7.55. The normalized spacial score (nSPS) is 10.5. The van der Waals surface area contributed by atoms with Gasteiger partial charge in [-0.15, -0.1) is 0 Å². The van der Waals surface area contributed by atoms with Gasteiger partial charge in [0.05, 0.1) is 5.56 Å². The van der Waals surface area contributed by atoms with Crippen LogP contribution in [0, 0.1) is 11.3 Å². The van der Waals surface area contributed by atoms with Crippen molar-refractivity contribution in [1.82, 2.24) is 9.88 Å². The third-order valence-electron chi connectivity index (χ3n) is 3.44. The van der Waals surface area contributed by atoms with Gasteiger partial charge in [-0.3, -0.25) is 0 Å². The van der Waals surface area contributed by atoms with Gasteiger partial charge in [0.25, 0.3) is 0 Å². The molecule has 1 heterocycles. The van der Waals surface area contributed by atoms with Gasteiger partial charge in [-0.25, -0.2) is 4.98 Å². The van der Waals surface area contributed by atoms with Crippen molar-refractivity contribution in [3.8, 4) is 17.2 Å². The Kier molecular flexibility index (Phi) is 5.93. The Morgan fingerprint density at radius 3 is 2.59 bits per heavy atom. The maximum atomic E-state index is 9.33. The molecule has 2 aromatic rings. The first-order valence-electron chi connectivity index (χ1n) is 7.55. The molecule has 4 nitrogen and oxygen atoms in total. The Morgan fingerprint density at radius 2 is 1.91 bits per heavy atom. The van der Waals surface area contributed by atoms with Gasteiger partial charge in [-0.1, -0.05) is 30.3 Å². The van der Waals surface area contributed by atoms with Gasteiger partial charge in [0.15, 0.2) is 0 Å². The Hall–Kier alpha value is -2.38. The Bertz CT molecular complexity index is 629. The van der Waals surface area contributed by atoms with E-state index in [9.17, 15) is 5.26 Å². The van der Waals surface area contributed by atoms with Crippen LogP contribution in [0.4, 0.5) is 5.82 Å². The van der Waals surface area contributed by atoms with Gasteiger partial charge < -0.3 is 10.2 Å². The first-order chi connectivity index (χ1) is 10.7. The summed E-state index contributed by atoms with van der Waals surface area (Å²) in [6.45, 7) is 1.91. The summed E-state index contributed by atoms with van der Waals surface area (Å²) in [5, 5.41) is 12.6. The molecular weight excluding hydrogens is 272 g/mol. The molecule has 0 aliphatic heterocycles. The number of anilines is 1. The zero-order valence-corrected chi connectivity index (χ0v) is 13.2. The van der Waals surface area contributed by atoms with Crippen LogP contribution in [-0.4, -0.2) is 37.1 Å². The smallest absolute Gasteiger partial charge is 0.143 e. The van der Waals surface area contributed by atoms with E-state index < -0.39 is 0 Å². The average Bonchev–Trinajstić information content (AvgIpc) is 2.55. The second-order valence-electron chi connectivity index (χ2n) is 5.54. The average molecular weight is 294 g/mol. The van der Waals surface area contributed by atoms with E-state index in [0.717, 1.165) is 37.1 Å². The summed E-state index contributed by atoms with van der Waals surface area (Å²) in [5.74, 6) is 0.673. The van der Waals surface area contributed by atoms with E-state index in [1.165, 1.54) is 0 Å². The Morgan fingerprint density at radius 1 is 1.14 bits per heavy atom. The molecule has 1 N–H and O–H groups in total. The van der Waals surface area contributed by atoms with Crippen molar-refractivity contribution in [2.75, 3.05) is 32.5 Å². The number of unbranched alkanes of at least 4 members (excludes halogenated alkanes) is 1. The molecule has 0 saturated heterocycles. The summed E-state index contributed by atoms with van der Waals surface area (Å²) in [5.41, 5.74) is 2.63. The van der Waals surface area contributed by atoms with Crippen LogP contribution >= 0.6 is 0 Å². The maximum Gasteiger partial charge on any atom is 0.143 e. The van der Waals surface area contributed by atoms with E-state index in [2.05, 4.69) is 35.4 Å². The molecule has 0 aliphatic rings. The number of nitrogens with one attached hydrogen (secondary N) is 1. The van der Waals surface area contributed by atoms with Crippen molar-refractivity contribution < 1.29 is 0 Å². The molecule has 0 bridgehead atoms. The number of rotatable bonds is 7. The van der Waals surface area contributed by atoms with E-state index in [0.29, 0.717) is 11.4 Å². The van der Waals surface area contributed by atoms with Crippen molar-refractivity contribution in [2.45, 2.75) is 12.8 Å². The molecule has 0 unspecified atom stereocenters. The van der Waals surface area contributed by atoms with Gasteiger partial charge in [0.1, 0.15) is 11.9 Å². The third-order valence-corrected chi connectivity index (χ3v) is 3.44. The van der Waals surface area contributed by atoms with Gasteiger partial charge in [-0.2, -0.15) is 5.26 Å². The number of pyridine rings is 1. The minimum atomic E-state index is 0.592. The lowest BCUT2D eigenvalue weighted by molar-refractivity contribution is 0.396. The van der Waals surface area contributed by atoms with Crippen LogP contribution in [0.2, 0.25) is 0 Å². The number of nitrogens with zero attached hydrogens (tertiary/aromatic N) is 3. The quantitative estimate of drug-likeness (QED) is 0.795. The molecule has 1 aromatic heterocycles. The number of hydrogen-bond donors (Lipinski definition) is 1. The van der Waals surface area contributed by atoms with Crippen LogP contribution in [-0.2, 0) is 0 Å². The molecule has 0 saturated carbocycles. The molecule has 0 aliphatic carbocycles. The first kappa shape index (κ1) is 16.0. The molecule has 22 heavy (non-hydrogen) atoms. The zero-order valence-electron chi connectivity index (χ0n) is 13.2. The van der Waals surface area contributed by atoms with Crippen LogP contribution in [0.1, 0.15) is 18.4 Å². The predicted octanol–water partition coefficient (Wildman–Crippen LogP) is 3.37. The number of aromatic nitrogens is 1. The van der Waals surface area contributed by atoms with Crippen LogP contribution in [0.5, 0.6) is 0 Å². The number of nitriles is 1. The third kappa shape index (κ3) is 4.57. The SMILES string of the molecule is CN(C)CCCCNc1ncc(-c2ccccc2)cc1C#N. The van der Waals surface area contributed by atoms with Gasteiger partial charge in [0, 0.05) is 18.3 Å². The molecule has 0 spiro atoms. The van der Waals surface area contributed by atoms with E-state index in [-0.39, 0.29) is 0 Å². The maximum absolute atomic E-state index is 9.33. The molecular formula is C18H22N4. The fourth-order valence-corrected chi connectivity index (χ4v) is 2.24. The highest BCUT2D eigenvalue weighted by Gasteiger charge is 2.06. The predicted molar refractivity (Wildman–Crippen MR) is 90.7 cm³/mol. The highest BCUT2D eigenvalue weighted by Crippen LogP contribution is 2.22. The molecule has 0 fully saturated rings. The van der Waals surface area contributed by atoms with Crippen LogP contribution < -0.4 is 5.32 Å². The fraction of sp³-hybridized carbons (Fsp3) is 0.333. The van der Waals surface area contributed by atoms with Crippen molar-refractivity contribution in [1.29, 1.82) is 5.26 Å². The summed E-state index contributed by atoms with van der Waals surface area (Å²) in [6.07, 6.45) is 4.01. The van der Waals surface area contributed by atoms with Crippen LogP contribution in [0.25, 0.3) is 11.1 Å². The van der Waals surface area contributed by atoms with Crippen molar-refractivity contribution in [2.24, 2.45) is 0 Å².